The van der Waals surface area contributed by atoms with Crippen molar-refractivity contribution < 1.29 is 27.6 Å². The van der Waals surface area contributed by atoms with E-state index in [4.69, 9.17) is 9.47 Å². The fraction of sp³-hybridized carbons (Fsp3) is 0.208. The second-order valence-electron chi connectivity index (χ2n) is 7.39. The largest absolute Gasteiger partial charge is 0.493 e. The standard InChI is InChI=1S/C24H25N3O7S/c1-33-22-13-8-18(16-23(22)34-2)14-15-25-24(28)17-26(19-9-11-20(12-10-19)27(29)30)35(31,32)21-6-4-3-5-7-21/h3-13,16H,14-15,17H2,1-2H3,(H,25,28). The Morgan fingerprint density at radius 3 is 2.23 bits per heavy atom. The minimum absolute atomic E-state index is 0.00326. The second kappa shape index (κ2) is 11.3. The molecule has 3 aromatic carbocycles. The zero-order valence-corrected chi connectivity index (χ0v) is 20.0. The van der Waals surface area contributed by atoms with E-state index in [0.29, 0.717) is 17.9 Å². The van der Waals surface area contributed by atoms with Crippen molar-refractivity contribution in [3.63, 3.8) is 0 Å². The second-order valence-corrected chi connectivity index (χ2v) is 9.25. The van der Waals surface area contributed by atoms with Crippen molar-refractivity contribution in [2.75, 3.05) is 31.6 Å². The number of amides is 1. The van der Waals surface area contributed by atoms with E-state index in [-0.39, 0.29) is 22.8 Å². The highest BCUT2D eigenvalue weighted by Gasteiger charge is 2.27. The first-order valence-corrected chi connectivity index (χ1v) is 12.0. The van der Waals surface area contributed by atoms with Gasteiger partial charge in [0.05, 0.1) is 29.7 Å². The van der Waals surface area contributed by atoms with Gasteiger partial charge in [0.2, 0.25) is 5.91 Å². The summed E-state index contributed by atoms with van der Waals surface area (Å²) in [5.74, 6) is 0.628. The number of rotatable bonds is 11. The molecule has 11 heteroatoms. The highest BCUT2D eigenvalue weighted by Crippen LogP contribution is 2.28. The Kier molecular flexibility index (Phi) is 8.26. The van der Waals surface area contributed by atoms with Gasteiger partial charge in [0, 0.05) is 18.7 Å². The molecule has 0 aliphatic heterocycles. The van der Waals surface area contributed by atoms with Crippen molar-refractivity contribution in [2.24, 2.45) is 0 Å². The molecule has 0 aromatic heterocycles. The van der Waals surface area contributed by atoms with Gasteiger partial charge in [-0.2, -0.15) is 0 Å². The summed E-state index contributed by atoms with van der Waals surface area (Å²) in [5.41, 5.74) is 0.840. The van der Waals surface area contributed by atoms with E-state index in [0.717, 1.165) is 9.87 Å². The molecule has 0 atom stereocenters. The molecule has 0 saturated heterocycles. The molecule has 0 aliphatic rings. The topological polar surface area (TPSA) is 128 Å². The number of nitro benzene ring substituents is 1. The Morgan fingerprint density at radius 1 is 0.971 bits per heavy atom. The number of ether oxygens (including phenoxy) is 2. The number of anilines is 1. The van der Waals surface area contributed by atoms with Crippen LogP contribution in [0.5, 0.6) is 11.5 Å². The first-order chi connectivity index (χ1) is 16.8. The molecule has 0 saturated carbocycles. The van der Waals surface area contributed by atoms with Crippen molar-refractivity contribution in [1.82, 2.24) is 5.32 Å². The van der Waals surface area contributed by atoms with Crippen LogP contribution in [-0.2, 0) is 21.2 Å². The SMILES string of the molecule is COc1ccc(CCNC(=O)CN(c2ccc([N+](=O)[O-])cc2)S(=O)(=O)c2ccccc2)cc1OC. The maximum absolute atomic E-state index is 13.3. The van der Waals surface area contributed by atoms with E-state index in [2.05, 4.69) is 5.32 Å². The number of nitrogens with one attached hydrogen (secondary N) is 1. The van der Waals surface area contributed by atoms with Gasteiger partial charge >= 0.3 is 0 Å². The molecule has 3 aromatic rings. The normalized spacial score (nSPS) is 10.9. The third-order valence-corrected chi connectivity index (χ3v) is 6.94. The number of hydrogen-bond donors (Lipinski definition) is 1. The lowest BCUT2D eigenvalue weighted by Crippen LogP contribution is -2.41. The fourth-order valence-corrected chi connectivity index (χ4v) is 4.79. The number of carbonyl (C=O) groups is 1. The number of nitro groups is 1. The van der Waals surface area contributed by atoms with Crippen LogP contribution in [0.4, 0.5) is 11.4 Å². The molecule has 184 valence electrons. The Labute approximate surface area is 203 Å². The average Bonchev–Trinajstić information content (AvgIpc) is 2.87. The number of carbonyl (C=O) groups excluding carboxylic acids is 1. The smallest absolute Gasteiger partial charge is 0.269 e. The molecular formula is C24H25N3O7S. The molecule has 0 fully saturated rings. The van der Waals surface area contributed by atoms with Crippen LogP contribution in [0.1, 0.15) is 5.56 Å². The van der Waals surface area contributed by atoms with Crippen LogP contribution < -0.4 is 19.1 Å². The lowest BCUT2D eigenvalue weighted by Gasteiger charge is -2.24. The molecule has 1 N–H and O–H groups in total. The molecule has 0 radical (unpaired) electrons. The van der Waals surface area contributed by atoms with Crippen LogP contribution >= 0.6 is 0 Å². The maximum Gasteiger partial charge on any atom is 0.269 e. The summed E-state index contributed by atoms with van der Waals surface area (Å²) in [5, 5.41) is 13.7. The fourth-order valence-electron chi connectivity index (χ4n) is 3.34. The van der Waals surface area contributed by atoms with E-state index >= 15 is 0 Å². The van der Waals surface area contributed by atoms with Gasteiger partial charge in [-0.15, -0.1) is 0 Å². The van der Waals surface area contributed by atoms with E-state index in [1.54, 1.807) is 30.3 Å². The summed E-state index contributed by atoms with van der Waals surface area (Å²) in [7, 11) is -1.03. The molecule has 0 heterocycles. The van der Waals surface area contributed by atoms with Crippen LogP contribution in [0, 0.1) is 10.1 Å². The Balaban J connectivity index is 1.76. The molecule has 3 rings (SSSR count). The molecular weight excluding hydrogens is 474 g/mol. The molecule has 35 heavy (non-hydrogen) atoms. The summed E-state index contributed by atoms with van der Waals surface area (Å²) in [4.78, 5) is 23.1. The first-order valence-electron chi connectivity index (χ1n) is 10.6. The molecule has 1 amide bonds. The Morgan fingerprint density at radius 2 is 1.63 bits per heavy atom. The van der Waals surface area contributed by atoms with Gasteiger partial charge in [-0.3, -0.25) is 19.2 Å². The Hall–Kier alpha value is -4.12. The van der Waals surface area contributed by atoms with Crippen LogP contribution in [0.2, 0.25) is 0 Å². The number of non-ortho nitro benzene ring substituents is 1. The van der Waals surface area contributed by atoms with Crippen molar-refractivity contribution in [2.45, 2.75) is 11.3 Å². The van der Waals surface area contributed by atoms with E-state index in [9.17, 15) is 23.3 Å². The van der Waals surface area contributed by atoms with E-state index in [1.807, 2.05) is 6.07 Å². The summed E-state index contributed by atoms with van der Waals surface area (Å²) in [6, 6.07) is 18.1. The summed E-state index contributed by atoms with van der Waals surface area (Å²) in [6.07, 6.45) is 0.481. The number of hydrogen-bond acceptors (Lipinski definition) is 7. The number of sulfonamides is 1. The quantitative estimate of drug-likeness (QED) is 0.317. The lowest BCUT2D eigenvalue weighted by atomic mass is 10.1. The minimum atomic E-state index is -4.10. The van der Waals surface area contributed by atoms with Crippen molar-refractivity contribution in [3.05, 3.63) is 88.5 Å². The van der Waals surface area contributed by atoms with Gasteiger partial charge in [0.1, 0.15) is 6.54 Å². The summed E-state index contributed by atoms with van der Waals surface area (Å²) < 4.78 is 38.0. The predicted molar refractivity (Wildman–Crippen MR) is 130 cm³/mol. The van der Waals surface area contributed by atoms with Gasteiger partial charge in [0.25, 0.3) is 15.7 Å². The van der Waals surface area contributed by atoms with Crippen LogP contribution in [0.25, 0.3) is 0 Å². The van der Waals surface area contributed by atoms with Gasteiger partial charge in [-0.25, -0.2) is 8.42 Å². The van der Waals surface area contributed by atoms with Gasteiger partial charge in [-0.05, 0) is 48.4 Å². The number of benzene rings is 3. The monoisotopic (exact) mass is 499 g/mol. The maximum atomic E-state index is 13.3. The molecule has 10 nitrogen and oxygen atoms in total. The third-order valence-electron chi connectivity index (χ3n) is 5.15. The average molecular weight is 500 g/mol. The first kappa shape index (κ1) is 25.5. The van der Waals surface area contributed by atoms with Crippen molar-refractivity contribution >= 4 is 27.3 Å². The molecule has 0 aliphatic carbocycles. The van der Waals surface area contributed by atoms with Crippen LogP contribution in [-0.4, -0.2) is 46.6 Å². The van der Waals surface area contributed by atoms with Gasteiger partial charge in [0.15, 0.2) is 11.5 Å². The van der Waals surface area contributed by atoms with Gasteiger partial charge in [-0.1, -0.05) is 24.3 Å². The summed E-state index contributed by atoms with van der Waals surface area (Å²) in [6.45, 7) is -0.241. The molecule has 0 unspecified atom stereocenters. The van der Waals surface area contributed by atoms with E-state index in [1.165, 1.54) is 50.6 Å². The third kappa shape index (κ3) is 6.27. The Bertz CT molecular complexity index is 1280. The zero-order chi connectivity index (χ0) is 25.4. The number of methoxy groups -OCH3 is 2. The highest BCUT2D eigenvalue weighted by atomic mass is 32.2. The van der Waals surface area contributed by atoms with Crippen molar-refractivity contribution in [1.29, 1.82) is 0 Å². The minimum Gasteiger partial charge on any atom is -0.493 e. The lowest BCUT2D eigenvalue weighted by molar-refractivity contribution is -0.384. The summed E-state index contributed by atoms with van der Waals surface area (Å²) >= 11 is 0. The molecule has 0 bridgehead atoms. The van der Waals surface area contributed by atoms with E-state index < -0.39 is 27.4 Å². The van der Waals surface area contributed by atoms with Crippen LogP contribution in [0.15, 0.2) is 77.7 Å². The predicted octanol–water partition coefficient (Wildman–Crippen LogP) is 3.17. The van der Waals surface area contributed by atoms with Gasteiger partial charge < -0.3 is 14.8 Å². The zero-order valence-electron chi connectivity index (χ0n) is 19.2. The highest BCUT2D eigenvalue weighted by molar-refractivity contribution is 7.92. The molecule has 0 spiro atoms. The van der Waals surface area contributed by atoms with Crippen molar-refractivity contribution in [3.8, 4) is 11.5 Å². The number of nitrogens with zero attached hydrogens (tertiary/aromatic N) is 2. The van der Waals surface area contributed by atoms with Crippen LogP contribution in [0.3, 0.4) is 0 Å².